The van der Waals surface area contributed by atoms with E-state index in [0.29, 0.717) is 11.1 Å². The molecule has 0 aromatic carbocycles. The highest BCUT2D eigenvalue weighted by Crippen LogP contribution is 2.24. The first-order chi connectivity index (χ1) is 11.0. The molecule has 1 fully saturated rings. The first kappa shape index (κ1) is 15.9. The van der Waals surface area contributed by atoms with Crippen molar-refractivity contribution in [3.05, 3.63) is 10.4 Å². The Bertz CT molecular complexity index is 770. The number of carbonyl (C=O) groups excluding carboxylic acids is 1. The molecule has 0 spiro atoms. The standard InChI is InChI=1S/C14H20N6O2S/c1-7-4-2-3-5-8(7)16-9(21)6-23-14-17-10-11(19-14)18-13(15)20-12(10)22/h7-8H,2-6H2,1H3,(H,16,21)(H4,15,17,18,19,20,22). The maximum Gasteiger partial charge on any atom is 0.278 e. The van der Waals surface area contributed by atoms with Gasteiger partial charge in [-0.05, 0) is 18.8 Å². The van der Waals surface area contributed by atoms with Crippen LogP contribution < -0.4 is 16.6 Å². The number of H-pyrrole nitrogens is 2. The number of rotatable bonds is 4. The third kappa shape index (κ3) is 3.66. The van der Waals surface area contributed by atoms with Crippen LogP contribution in [-0.4, -0.2) is 37.6 Å². The van der Waals surface area contributed by atoms with E-state index in [-0.39, 0.29) is 40.4 Å². The van der Waals surface area contributed by atoms with Crippen LogP contribution >= 0.6 is 11.8 Å². The van der Waals surface area contributed by atoms with Gasteiger partial charge in [0.15, 0.2) is 16.3 Å². The van der Waals surface area contributed by atoms with Gasteiger partial charge in [0.25, 0.3) is 5.56 Å². The number of nitrogens with one attached hydrogen (secondary N) is 3. The third-order valence-corrected chi connectivity index (χ3v) is 5.03. The Morgan fingerprint density at radius 3 is 2.91 bits per heavy atom. The molecule has 1 saturated carbocycles. The van der Waals surface area contributed by atoms with E-state index in [9.17, 15) is 9.59 Å². The third-order valence-electron chi connectivity index (χ3n) is 4.16. The Kier molecular flexibility index (Phi) is 4.56. The molecule has 3 rings (SSSR count). The van der Waals surface area contributed by atoms with Crippen molar-refractivity contribution in [3.63, 3.8) is 0 Å². The second kappa shape index (κ2) is 6.61. The lowest BCUT2D eigenvalue weighted by molar-refractivity contribution is -0.119. The maximum atomic E-state index is 12.1. The fourth-order valence-electron chi connectivity index (χ4n) is 2.88. The molecule has 8 nitrogen and oxygen atoms in total. The number of nitrogens with two attached hydrogens (primary N) is 1. The van der Waals surface area contributed by atoms with Crippen LogP contribution in [0.2, 0.25) is 0 Å². The van der Waals surface area contributed by atoms with Gasteiger partial charge in [0.2, 0.25) is 11.9 Å². The van der Waals surface area contributed by atoms with Gasteiger partial charge in [-0.1, -0.05) is 31.5 Å². The van der Waals surface area contributed by atoms with E-state index in [1.165, 1.54) is 24.6 Å². The summed E-state index contributed by atoms with van der Waals surface area (Å²) in [6.45, 7) is 2.18. The Labute approximate surface area is 137 Å². The highest BCUT2D eigenvalue weighted by Gasteiger charge is 2.22. The van der Waals surface area contributed by atoms with Crippen molar-refractivity contribution >= 4 is 34.8 Å². The van der Waals surface area contributed by atoms with E-state index in [4.69, 9.17) is 5.73 Å². The molecule has 9 heteroatoms. The topological polar surface area (TPSA) is 130 Å². The van der Waals surface area contributed by atoms with E-state index in [1.54, 1.807) is 0 Å². The number of aromatic nitrogens is 4. The minimum atomic E-state index is -0.368. The van der Waals surface area contributed by atoms with Crippen LogP contribution in [-0.2, 0) is 4.79 Å². The molecule has 0 radical (unpaired) electrons. The Balaban J connectivity index is 1.60. The number of nitrogen functional groups attached to an aromatic ring is 1. The second-order valence-corrected chi connectivity index (χ2v) is 6.88. The number of imidazole rings is 1. The zero-order valence-corrected chi connectivity index (χ0v) is 13.7. The normalized spacial score (nSPS) is 21.4. The maximum absolute atomic E-state index is 12.1. The summed E-state index contributed by atoms with van der Waals surface area (Å²) in [5.41, 5.74) is 5.64. The highest BCUT2D eigenvalue weighted by atomic mass is 32.2. The average Bonchev–Trinajstić information content (AvgIpc) is 2.91. The van der Waals surface area contributed by atoms with Gasteiger partial charge >= 0.3 is 0 Å². The van der Waals surface area contributed by atoms with Gasteiger partial charge in [-0.3, -0.25) is 14.6 Å². The van der Waals surface area contributed by atoms with Crippen LogP contribution in [0.1, 0.15) is 32.6 Å². The number of anilines is 1. The minimum absolute atomic E-state index is 0.0180. The molecule has 2 unspecified atom stereocenters. The van der Waals surface area contributed by atoms with Gasteiger partial charge in [0, 0.05) is 6.04 Å². The Morgan fingerprint density at radius 1 is 1.35 bits per heavy atom. The predicted octanol–water partition coefficient (Wildman–Crippen LogP) is 1.02. The zero-order chi connectivity index (χ0) is 16.4. The average molecular weight is 336 g/mol. The predicted molar refractivity (Wildman–Crippen MR) is 89.2 cm³/mol. The first-order valence-electron chi connectivity index (χ1n) is 7.70. The monoisotopic (exact) mass is 336 g/mol. The number of nitrogens with zero attached hydrogens (tertiary/aromatic N) is 2. The van der Waals surface area contributed by atoms with Crippen LogP contribution in [0.15, 0.2) is 9.95 Å². The van der Waals surface area contributed by atoms with Crippen molar-refractivity contribution in [3.8, 4) is 0 Å². The SMILES string of the molecule is CC1CCCCC1NC(=O)CSc1nc2nc(N)[nH]c(=O)c2[nH]1. The van der Waals surface area contributed by atoms with Gasteiger partial charge in [-0.2, -0.15) is 4.98 Å². The van der Waals surface area contributed by atoms with Crippen LogP contribution in [0.5, 0.6) is 0 Å². The van der Waals surface area contributed by atoms with Gasteiger partial charge in [-0.15, -0.1) is 0 Å². The fraction of sp³-hybridized carbons (Fsp3) is 0.571. The number of amides is 1. The molecule has 23 heavy (non-hydrogen) atoms. The summed E-state index contributed by atoms with van der Waals surface area (Å²) in [6, 6.07) is 0.261. The molecule has 0 aliphatic heterocycles. The summed E-state index contributed by atoms with van der Waals surface area (Å²) in [7, 11) is 0. The molecule has 2 heterocycles. The molecular formula is C14H20N6O2S. The second-order valence-electron chi connectivity index (χ2n) is 5.92. The molecule has 0 bridgehead atoms. The van der Waals surface area contributed by atoms with Crippen LogP contribution in [0.4, 0.5) is 5.95 Å². The van der Waals surface area contributed by atoms with E-state index < -0.39 is 0 Å². The molecule has 2 aromatic rings. The smallest absolute Gasteiger partial charge is 0.278 e. The van der Waals surface area contributed by atoms with Crippen molar-refractivity contribution < 1.29 is 4.79 Å². The number of carbonyl (C=O) groups is 1. The van der Waals surface area contributed by atoms with Crippen molar-refractivity contribution in [1.82, 2.24) is 25.3 Å². The largest absolute Gasteiger partial charge is 0.369 e. The zero-order valence-electron chi connectivity index (χ0n) is 12.9. The van der Waals surface area contributed by atoms with Gasteiger partial charge in [0.1, 0.15) is 0 Å². The number of thioether (sulfide) groups is 1. The molecule has 1 aliphatic carbocycles. The molecule has 5 N–H and O–H groups in total. The Morgan fingerprint density at radius 2 is 2.13 bits per heavy atom. The molecule has 1 amide bonds. The van der Waals surface area contributed by atoms with Crippen LogP contribution in [0.3, 0.4) is 0 Å². The van der Waals surface area contributed by atoms with Gasteiger partial charge in [-0.25, -0.2) is 4.98 Å². The van der Waals surface area contributed by atoms with Crippen LogP contribution in [0, 0.1) is 5.92 Å². The molecule has 1 aliphatic rings. The lowest BCUT2D eigenvalue weighted by Crippen LogP contribution is -2.41. The quantitative estimate of drug-likeness (QED) is 0.617. The summed E-state index contributed by atoms with van der Waals surface area (Å²) in [5, 5.41) is 3.57. The summed E-state index contributed by atoms with van der Waals surface area (Å²) in [5.74, 6) is 0.774. The lowest BCUT2D eigenvalue weighted by Gasteiger charge is -2.29. The molecule has 124 valence electrons. The number of hydrogen-bond acceptors (Lipinski definition) is 6. The summed E-state index contributed by atoms with van der Waals surface area (Å²) in [4.78, 5) is 37.2. The number of fused-ring (bicyclic) bond motifs is 1. The van der Waals surface area contributed by atoms with Crippen LogP contribution in [0.25, 0.3) is 11.2 Å². The minimum Gasteiger partial charge on any atom is -0.369 e. The highest BCUT2D eigenvalue weighted by molar-refractivity contribution is 7.99. The summed E-state index contributed by atoms with van der Waals surface area (Å²) < 4.78 is 0. The number of hydrogen-bond donors (Lipinski definition) is 4. The van der Waals surface area contributed by atoms with E-state index in [1.807, 2.05) is 0 Å². The van der Waals surface area contributed by atoms with E-state index >= 15 is 0 Å². The summed E-state index contributed by atoms with van der Waals surface area (Å²) >= 11 is 1.25. The van der Waals surface area contributed by atoms with Gasteiger partial charge < -0.3 is 16.0 Å². The summed E-state index contributed by atoms with van der Waals surface area (Å²) in [6.07, 6.45) is 4.62. The Hall–Kier alpha value is -2.03. The van der Waals surface area contributed by atoms with Crippen molar-refractivity contribution in [2.45, 2.75) is 43.8 Å². The first-order valence-corrected chi connectivity index (χ1v) is 8.69. The van der Waals surface area contributed by atoms with Gasteiger partial charge in [0.05, 0.1) is 5.75 Å². The van der Waals surface area contributed by atoms with E-state index in [2.05, 4.69) is 32.2 Å². The molecule has 2 aromatic heterocycles. The van der Waals surface area contributed by atoms with Crippen molar-refractivity contribution in [2.24, 2.45) is 5.92 Å². The van der Waals surface area contributed by atoms with E-state index in [0.717, 1.165) is 12.8 Å². The number of aromatic amines is 2. The van der Waals surface area contributed by atoms with Crippen molar-refractivity contribution in [2.75, 3.05) is 11.5 Å². The lowest BCUT2D eigenvalue weighted by atomic mass is 9.86. The molecule has 2 atom stereocenters. The molecule has 0 saturated heterocycles. The fourth-order valence-corrected chi connectivity index (χ4v) is 3.56. The van der Waals surface area contributed by atoms with Crippen molar-refractivity contribution in [1.29, 1.82) is 0 Å². The molecular weight excluding hydrogens is 316 g/mol.